The highest BCUT2D eigenvalue weighted by molar-refractivity contribution is 6.20. The van der Waals surface area contributed by atoms with Gasteiger partial charge in [0.2, 0.25) is 0 Å². The molecule has 1 aliphatic heterocycles. The summed E-state index contributed by atoms with van der Waals surface area (Å²) >= 11 is 0. The number of ether oxygens (including phenoxy) is 1. The number of nitrogens with zero attached hydrogens (tertiary/aromatic N) is 2. The number of carbonyl (C=O) groups excluding carboxylic acids is 1. The number of halogens is 4. The maximum Gasteiger partial charge on any atom is 0.573 e. The van der Waals surface area contributed by atoms with E-state index >= 15 is 0 Å². The highest BCUT2D eigenvalue weighted by atomic mass is 19.4. The number of aliphatic imine (C=N–C) groups is 1. The molecule has 0 saturated carbocycles. The predicted molar refractivity (Wildman–Crippen MR) is 136 cm³/mol. The van der Waals surface area contributed by atoms with Crippen LogP contribution in [0.25, 0.3) is 5.57 Å². The molecule has 0 bridgehead atoms. The zero-order chi connectivity index (χ0) is 28.0. The second kappa shape index (κ2) is 12.2. The molecule has 2 atom stereocenters. The minimum Gasteiger partial charge on any atom is -0.405 e. The minimum atomic E-state index is -5.03. The van der Waals surface area contributed by atoms with Gasteiger partial charge in [0.05, 0.1) is 36.1 Å². The SMILES string of the molecule is O=C(N[C@@H](Cc1ccccn1)C[C@H](O)CO)c1cccc(OC(F)(F)F)c1C1=NCC(c2ccc(F)cc2)=C1. The lowest BCUT2D eigenvalue weighted by atomic mass is 9.97. The van der Waals surface area contributed by atoms with Gasteiger partial charge in [-0.15, -0.1) is 13.2 Å². The summed E-state index contributed by atoms with van der Waals surface area (Å²) in [5, 5.41) is 22.1. The first-order valence-corrected chi connectivity index (χ1v) is 12.0. The van der Waals surface area contributed by atoms with Gasteiger partial charge in [0.15, 0.2) is 0 Å². The van der Waals surface area contributed by atoms with Crippen LogP contribution in [0, 0.1) is 5.82 Å². The van der Waals surface area contributed by atoms with Gasteiger partial charge in [-0.2, -0.15) is 0 Å². The van der Waals surface area contributed by atoms with Crippen LogP contribution in [0.1, 0.15) is 33.6 Å². The number of amides is 1. The molecule has 1 aliphatic rings. The van der Waals surface area contributed by atoms with E-state index in [0.717, 1.165) is 6.07 Å². The number of nitrogens with one attached hydrogen (secondary N) is 1. The van der Waals surface area contributed by atoms with Gasteiger partial charge in [-0.05, 0) is 60.0 Å². The molecule has 39 heavy (non-hydrogen) atoms. The number of carbonyl (C=O) groups is 1. The second-order valence-electron chi connectivity index (χ2n) is 8.87. The average Bonchev–Trinajstić information content (AvgIpc) is 3.38. The van der Waals surface area contributed by atoms with Crippen molar-refractivity contribution in [3.05, 3.63) is 101 Å². The van der Waals surface area contributed by atoms with Crippen LogP contribution < -0.4 is 10.1 Å². The summed E-state index contributed by atoms with van der Waals surface area (Å²) in [4.78, 5) is 22.0. The van der Waals surface area contributed by atoms with Gasteiger partial charge < -0.3 is 20.3 Å². The normalized spacial score (nSPS) is 14.8. The summed E-state index contributed by atoms with van der Waals surface area (Å²) in [5.74, 6) is -1.77. The Hall–Kier alpha value is -4.09. The van der Waals surface area contributed by atoms with E-state index in [4.69, 9.17) is 0 Å². The molecule has 11 heteroatoms. The molecule has 0 unspecified atom stereocenters. The number of pyridine rings is 1. The van der Waals surface area contributed by atoms with E-state index in [1.165, 1.54) is 42.5 Å². The monoisotopic (exact) mass is 543 g/mol. The quantitative estimate of drug-likeness (QED) is 0.334. The molecule has 0 aliphatic carbocycles. The van der Waals surface area contributed by atoms with Crippen molar-refractivity contribution >= 4 is 17.2 Å². The van der Waals surface area contributed by atoms with Gasteiger partial charge in [0.25, 0.3) is 5.91 Å². The smallest absolute Gasteiger partial charge is 0.405 e. The second-order valence-corrected chi connectivity index (χ2v) is 8.87. The van der Waals surface area contributed by atoms with Crippen LogP contribution in [0.15, 0.2) is 77.9 Å². The largest absolute Gasteiger partial charge is 0.573 e. The summed E-state index contributed by atoms with van der Waals surface area (Å²) in [6.45, 7) is -0.435. The van der Waals surface area contributed by atoms with E-state index in [-0.39, 0.29) is 36.2 Å². The molecule has 1 amide bonds. The first kappa shape index (κ1) is 27.9. The molecular weight excluding hydrogens is 518 g/mol. The van der Waals surface area contributed by atoms with Crippen LogP contribution in [0.2, 0.25) is 0 Å². The Morgan fingerprint density at radius 3 is 2.51 bits per heavy atom. The minimum absolute atomic E-state index is 0.0253. The first-order valence-electron chi connectivity index (χ1n) is 12.0. The molecule has 3 N–H and O–H groups in total. The van der Waals surface area contributed by atoms with Gasteiger partial charge in [-0.3, -0.25) is 14.8 Å². The van der Waals surface area contributed by atoms with Crippen molar-refractivity contribution < 1.29 is 37.3 Å². The maximum atomic E-state index is 13.5. The van der Waals surface area contributed by atoms with Crippen molar-refractivity contribution in [2.75, 3.05) is 13.2 Å². The lowest BCUT2D eigenvalue weighted by Gasteiger charge is -2.22. The molecule has 0 radical (unpaired) electrons. The van der Waals surface area contributed by atoms with Crippen LogP contribution in [-0.2, 0) is 6.42 Å². The maximum absolute atomic E-state index is 13.5. The lowest BCUT2D eigenvalue weighted by Crippen LogP contribution is -2.40. The summed E-state index contributed by atoms with van der Waals surface area (Å²) < 4.78 is 57.5. The third-order valence-corrected chi connectivity index (χ3v) is 5.98. The van der Waals surface area contributed by atoms with Gasteiger partial charge in [0.1, 0.15) is 11.6 Å². The molecule has 7 nitrogen and oxygen atoms in total. The van der Waals surface area contributed by atoms with E-state index in [2.05, 4.69) is 20.0 Å². The number of rotatable bonds is 10. The molecule has 2 heterocycles. The Labute approximate surface area is 221 Å². The summed E-state index contributed by atoms with van der Waals surface area (Å²) in [5.41, 5.74) is 1.66. The number of alkyl halides is 3. The molecule has 4 rings (SSSR count). The number of hydrogen-bond acceptors (Lipinski definition) is 6. The fourth-order valence-electron chi connectivity index (χ4n) is 4.24. The zero-order valence-corrected chi connectivity index (χ0v) is 20.5. The Bertz CT molecular complexity index is 1360. The number of hydrogen-bond donors (Lipinski definition) is 3. The van der Waals surface area contributed by atoms with Crippen LogP contribution in [-0.4, -0.2) is 58.5 Å². The fraction of sp³-hybridized carbons (Fsp3) is 0.250. The van der Waals surface area contributed by atoms with E-state index in [9.17, 15) is 32.6 Å². The van der Waals surface area contributed by atoms with Crippen LogP contribution in [0.3, 0.4) is 0 Å². The highest BCUT2D eigenvalue weighted by Gasteiger charge is 2.34. The van der Waals surface area contributed by atoms with E-state index in [1.54, 1.807) is 24.4 Å². The third-order valence-electron chi connectivity index (χ3n) is 5.98. The number of allylic oxidation sites excluding steroid dienone is 1. The predicted octanol–water partition coefficient (Wildman–Crippen LogP) is 4.09. The van der Waals surface area contributed by atoms with Crippen molar-refractivity contribution in [2.45, 2.75) is 31.3 Å². The number of aliphatic hydroxyl groups is 2. The summed E-state index contributed by atoms with van der Waals surface area (Å²) in [7, 11) is 0. The third kappa shape index (κ3) is 7.49. The fourth-order valence-corrected chi connectivity index (χ4v) is 4.24. The van der Waals surface area contributed by atoms with Crippen molar-refractivity contribution in [1.29, 1.82) is 0 Å². The molecule has 3 aromatic rings. The van der Waals surface area contributed by atoms with Crippen molar-refractivity contribution in [3.63, 3.8) is 0 Å². The Balaban J connectivity index is 1.69. The van der Waals surface area contributed by atoms with Crippen LogP contribution >= 0.6 is 0 Å². The molecule has 204 valence electrons. The van der Waals surface area contributed by atoms with Crippen molar-refractivity contribution in [3.8, 4) is 5.75 Å². The van der Waals surface area contributed by atoms with Crippen LogP contribution in [0.4, 0.5) is 17.6 Å². The van der Waals surface area contributed by atoms with Gasteiger partial charge in [-0.25, -0.2) is 4.39 Å². The van der Waals surface area contributed by atoms with E-state index < -0.39 is 42.6 Å². The van der Waals surface area contributed by atoms with Gasteiger partial charge >= 0.3 is 6.36 Å². The highest BCUT2D eigenvalue weighted by Crippen LogP contribution is 2.32. The molecule has 0 fully saturated rings. The summed E-state index contributed by atoms with van der Waals surface area (Å²) in [6.07, 6.45) is -2.90. The molecule has 2 aromatic carbocycles. The van der Waals surface area contributed by atoms with E-state index in [0.29, 0.717) is 16.8 Å². The van der Waals surface area contributed by atoms with Crippen molar-refractivity contribution in [2.24, 2.45) is 4.99 Å². The lowest BCUT2D eigenvalue weighted by molar-refractivity contribution is -0.274. The van der Waals surface area contributed by atoms with E-state index in [1.807, 2.05) is 0 Å². The topological polar surface area (TPSA) is 104 Å². The van der Waals surface area contributed by atoms with Crippen LogP contribution in [0.5, 0.6) is 5.75 Å². The Kier molecular flexibility index (Phi) is 8.72. The zero-order valence-electron chi connectivity index (χ0n) is 20.5. The number of aliphatic hydroxyl groups excluding tert-OH is 2. The van der Waals surface area contributed by atoms with Crippen molar-refractivity contribution in [1.82, 2.24) is 10.3 Å². The Morgan fingerprint density at radius 1 is 1.08 bits per heavy atom. The van der Waals surface area contributed by atoms with Gasteiger partial charge in [0, 0.05) is 24.4 Å². The average molecular weight is 544 g/mol. The molecular formula is C28H25F4N3O4. The summed E-state index contributed by atoms with van der Waals surface area (Å²) in [6, 6.07) is 13.8. The number of aromatic nitrogens is 1. The standard InChI is InChI=1S/C28H25F4N3O4/c29-19-9-7-17(8-10-19)18-12-24(34-15-18)26-23(5-3-6-25(26)39-28(30,31)32)27(38)35-21(14-22(37)16-36)13-20-4-1-2-11-33-20/h1-12,21-22,36-37H,13-16H2,(H,35,38)/t21-,22-/m0/s1. The molecule has 0 spiro atoms. The number of benzene rings is 2. The van der Waals surface area contributed by atoms with Gasteiger partial charge in [-0.1, -0.05) is 24.3 Å². The molecule has 1 aromatic heterocycles. The Morgan fingerprint density at radius 2 is 1.85 bits per heavy atom. The molecule has 0 saturated heterocycles. The first-order chi connectivity index (χ1) is 18.6.